The molecule has 18 heavy (non-hydrogen) atoms. The highest BCUT2D eigenvalue weighted by molar-refractivity contribution is 4.96. The van der Waals surface area contributed by atoms with Crippen molar-refractivity contribution < 1.29 is 9.47 Å². The van der Waals surface area contributed by atoms with Gasteiger partial charge < -0.3 is 14.8 Å². The second-order valence-electron chi connectivity index (χ2n) is 6.43. The molecule has 3 aliphatic rings. The van der Waals surface area contributed by atoms with Crippen molar-refractivity contribution in [2.75, 3.05) is 26.9 Å². The fourth-order valence-corrected chi connectivity index (χ4v) is 4.43. The maximum absolute atomic E-state index is 6.15. The summed E-state index contributed by atoms with van der Waals surface area (Å²) < 4.78 is 11.7. The maximum Gasteiger partial charge on any atom is 0.0685 e. The molecule has 0 radical (unpaired) electrons. The second kappa shape index (κ2) is 5.48. The zero-order valence-corrected chi connectivity index (χ0v) is 11.6. The van der Waals surface area contributed by atoms with Crippen molar-refractivity contribution in [2.45, 2.75) is 56.6 Å². The third-order valence-corrected chi connectivity index (χ3v) is 5.36. The van der Waals surface area contributed by atoms with Crippen LogP contribution in [0.2, 0.25) is 0 Å². The van der Waals surface area contributed by atoms with Crippen LogP contribution in [0.15, 0.2) is 0 Å². The molecule has 2 saturated heterocycles. The van der Waals surface area contributed by atoms with Crippen LogP contribution < -0.4 is 5.32 Å². The van der Waals surface area contributed by atoms with Crippen LogP contribution in [0, 0.1) is 11.8 Å². The summed E-state index contributed by atoms with van der Waals surface area (Å²) in [5.41, 5.74) is 0.247. The van der Waals surface area contributed by atoms with Crippen LogP contribution in [0.25, 0.3) is 0 Å². The van der Waals surface area contributed by atoms with Crippen molar-refractivity contribution in [3.63, 3.8) is 0 Å². The van der Waals surface area contributed by atoms with Crippen LogP contribution in [0.1, 0.15) is 44.9 Å². The molecule has 1 N–H and O–H groups in total. The van der Waals surface area contributed by atoms with Gasteiger partial charge in [-0.25, -0.2) is 0 Å². The van der Waals surface area contributed by atoms with Crippen LogP contribution in [-0.4, -0.2) is 38.5 Å². The summed E-state index contributed by atoms with van der Waals surface area (Å²) in [7, 11) is 2.12. The van der Waals surface area contributed by atoms with Crippen molar-refractivity contribution in [3.05, 3.63) is 0 Å². The largest absolute Gasteiger partial charge is 0.381 e. The molecule has 3 rings (SSSR count). The first-order valence-electron chi connectivity index (χ1n) is 7.72. The summed E-state index contributed by atoms with van der Waals surface area (Å²) in [5, 5.41) is 3.58. The molecule has 104 valence electrons. The lowest BCUT2D eigenvalue weighted by atomic mass is 9.76. The van der Waals surface area contributed by atoms with E-state index >= 15 is 0 Å². The lowest BCUT2D eigenvalue weighted by Crippen LogP contribution is -2.48. The molecule has 2 aliphatic heterocycles. The first-order valence-corrected chi connectivity index (χ1v) is 7.72. The average Bonchev–Trinajstić information content (AvgIpc) is 3.03. The smallest absolute Gasteiger partial charge is 0.0685 e. The summed E-state index contributed by atoms with van der Waals surface area (Å²) in [6, 6.07) is 0.633. The Kier molecular flexibility index (Phi) is 3.92. The second-order valence-corrected chi connectivity index (χ2v) is 6.43. The van der Waals surface area contributed by atoms with Crippen LogP contribution >= 0.6 is 0 Å². The van der Waals surface area contributed by atoms with Gasteiger partial charge in [-0.2, -0.15) is 0 Å². The number of hydrogen-bond donors (Lipinski definition) is 1. The molecule has 3 fully saturated rings. The Morgan fingerprint density at radius 1 is 1.11 bits per heavy atom. The highest BCUT2D eigenvalue weighted by atomic mass is 16.5. The molecule has 0 bridgehead atoms. The van der Waals surface area contributed by atoms with Crippen molar-refractivity contribution >= 4 is 0 Å². The Balaban J connectivity index is 1.66. The summed E-state index contributed by atoms with van der Waals surface area (Å²) >= 11 is 0. The van der Waals surface area contributed by atoms with Gasteiger partial charge in [-0.1, -0.05) is 12.8 Å². The lowest BCUT2D eigenvalue weighted by molar-refractivity contribution is -0.101. The van der Waals surface area contributed by atoms with E-state index < -0.39 is 0 Å². The third kappa shape index (κ3) is 2.45. The summed E-state index contributed by atoms with van der Waals surface area (Å²) in [5.74, 6) is 1.50. The summed E-state index contributed by atoms with van der Waals surface area (Å²) in [6.07, 6.45) is 9.05. The van der Waals surface area contributed by atoms with Gasteiger partial charge in [0.15, 0.2) is 0 Å². The Bertz CT molecular complexity index is 270. The predicted molar refractivity (Wildman–Crippen MR) is 71.6 cm³/mol. The van der Waals surface area contributed by atoms with Gasteiger partial charge >= 0.3 is 0 Å². The molecule has 1 spiro atoms. The molecule has 3 heteroatoms. The molecular weight excluding hydrogens is 226 g/mol. The van der Waals surface area contributed by atoms with Gasteiger partial charge in [0.25, 0.3) is 0 Å². The van der Waals surface area contributed by atoms with Crippen LogP contribution in [0.5, 0.6) is 0 Å². The minimum absolute atomic E-state index is 0.247. The molecule has 0 aromatic heterocycles. The van der Waals surface area contributed by atoms with Gasteiger partial charge in [-0.05, 0) is 45.1 Å². The highest BCUT2D eigenvalue weighted by Gasteiger charge is 2.43. The number of nitrogens with one attached hydrogen (secondary N) is 1. The normalized spacial score (nSPS) is 37.2. The predicted octanol–water partition coefficient (Wildman–Crippen LogP) is 2.35. The van der Waals surface area contributed by atoms with Gasteiger partial charge in [0.1, 0.15) is 0 Å². The molecular formula is C15H27NO2. The topological polar surface area (TPSA) is 30.5 Å². The minimum Gasteiger partial charge on any atom is -0.381 e. The van der Waals surface area contributed by atoms with Crippen molar-refractivity contribution in [1.29, 1.82) is 0 Å². The Morgan fingerprint density at radius 3 is 2.56 bits per heavy atom. The first kappa shape index (κ1) is 12.9. The van der Waals surface area contributed by atoms with E-state index in [0.29, 0.717) is 6.04 Å². The van der Waals surface area contributed by atoms with Crippen molar-refractivity contribution in [3.8, 4) is 0 Å². The molecule has 0 aromatic rings. The SMILES string of the molecule is CNC(C1CCOC1)C1CCOC2(CCCC2)C1. The Morgan fingerprint density at radius 2 is 1.89 bits per heavy atom. The monoisotopic (exact) mass is 253 g/mol. The zero-order valence-electron chi connectivity index (χ0n) is 11.6. The lowest BCUT2D eigenvalue weighted by Gasteiger charge is -2.42. The standard InChI is InChI=1S/C15H27NO2/c1-16-14(13-4-8-17-11-13)12-5-9-18-15(10-12)6-2-3-7-15/h12-14,16H,2-11H2,1H3. The average molecular weight is 253 g/mol. The molecule has 0 amide bonds. The van der Waals surface area contributed by atoms with Gasteiger partial charge in [-0.15, -0.1) is 0 Å². The van der Waals surface area contributed by atoms with Gasteiger partial charge in [0, 0.05) is 25.2 Å². The molecule has 0 aromatic carbocycles. The van der Waals surface area contributed by atoms with E-state index in [0.717, 1.165) is 31.7 Å². The number of ether oxygens (including phenoxy) is 2. The summed E-state index contributed by atoms with van der Waals surface area (Å²) in [4.78, 5) is 0. The Labute approximate surface area is 111 Å². The van der Waals surface area contributed by atoms with E-state index in [4.69, 9.17) is 9.47 Å². The molecule has 1 aliphatic carbocycles. The van der Waals surface area contributed by atoms with E-state index in [2.05, 4.69) is 12.4 Å². The van der Waals surface area contributed by atoms with Crippen molar-refractivity contribution in [1.82, 2.24) is 5.32 Å². The van der Waals surface area contributed by atoms with Crippen molar-refractivity contribution in [2.24, 2.45) is 11.8 Å². The minimum atomic E-state index is 0.247. The fraction of sp³-hybridized carbons (Fsp3) is 1.00. The van der Waals surface area contributed by atoms with Gasteiger partial charge in [-0.3, -0.25) is 0 Å². The van der Waals surface area contributed by atoms with Gasteiger partial charge in [0.05, 0.1) is 12.2 Å². The molecule has 2 heterocycles. The molecule has 3 unspecified atom stereocenters. The van der Waals surface area contributed by atoms with E-state index in [1.165, 1.54) is 44.9 Å². The molecule has 3 atom stereocenters. The number of rotatable bonds is 3. The molecule has 3 nitrogen and oxygen atoms in total. The van der Waals surface area contributed by atoms with E-state index in [1.54, 1.807) is 0 Å². The van der Waals surface area contributed by atoms with E-state index in [-0.39, 0.29) is 5.60 Å². The number of hydrogen-bond acceptors (Lipinski definition) is 3. The summed E-state index contributed by atoms with van der Waals surface area (Å²) in [6.45, 7) is 2.88. The zero-order chi connectivity index (χ0) is 12.4. The van der Waals surface area contributed by atoms with Crippen LogP contribution in [0.3, 0.4) is 0 Å². The fourth-order valence-electron chi connectivity index (χ4n) is 4.43. The maximum atomic E-state index is 6.15. The van der Waals surface area contributed by atoms with E-state index in [9.17, 15) is 0 Å². The van der Waals surface area contributed by atoms with E-state index in [1.807, 2.05) is 0 Å². The van der Waals surface area contributed by atoms with Crippen LogP contribution in [0.4, 0.5) is 0 Å². The first-order chi connectivity index (χ1) is 8.83. The third-order valence-electron chi connectivity index (χ3n) is 5.36. The van der Waals surface area contributed by atoms with Crippen LogP contribution in [-0.2, 0) is 9.47 Å². The van der Waals surface area contributed by atoms with Gasteiger partial charge in [0.2, 0.25) is 0 Å². The quantitative estimate of drug-likeness (QED) is 0.837. The molecule has 1 saturated carbocycles. The highest BCUT2D eigenvalue weighted by Crippen LogP contribution is 2.44. The Hall–Kier alpha value is -0.120.